The van der Waals surface area contributed by atoms with Crippen molar-refractivity contribution >= 4 is 5.97 Å². The Hall–Kier alpha value is -0.650. The molecule has 2 rings (SSSR count). The van der Waals surface area contributed by atoms with Gasteiger partial charge in [0.1, 0.15) is 6.04 Å². The van der Waals surface area contributed by atoms with Gasteiger partial charge in [0, 0.05) is 12.6 Å². The molecule has 0 aromatic heterocycles. The number of nitrogens with zero attached hydrogens (tertiary/aromatic N) is 2. The van der Waals surface area contributed by atoms with Crippen LogP contribution in [0.25, 0.3) is 0 Å². The lowest BCUT2D eigenvalue weighted by Gasteiger charge is -2.38. The van der Waals surface area contributed by atoms with E-state index in [1.54, 1.807) is 0 Å². The molecule has 0 spiro atoms. The van der Waals surface area contributed by atoms with Gasteiger partial charge in [-0.15, -0.1) is 0 Å². The Morgan fingerprint density at radius 3 is 2.50 bits per heavy atom. The van der Waals surface area contributed by atoms with Crippen LogP contribution in [-0.4, -0.2) is 70.3 Å². The molecule has 0 bridgehead atoms. The molecule has 0 aromatic carbocycles. The van der Waals surface area contributed by atoms with E-state index in [1.807, 2.05) is 6.92 Å². The fraction of sp³-hybridized carbons (Fsp3) is 0.923. The zero-order chi connectivity index (χ0) is 13.1. The fourth-order valence-electron chi connectivity index (χ4n) is 3.30. The molecule has 0 radical (unpaired) electrons. The predicted molar refractivity (Wildman–Crippen MR) is 68.5 cm³/mol. The van der Waals surface area contributed by atoms with Crippen molar-refractivity contribution in [1.29, 1.82) is 0 Å². The summed E-state index contributed by atoms with van der Waals surface area (Å²) in [7, 11) is 0. The highest BCUT2D eigenvalue weighted by Gasteiger charge is 2.36. The molecule has 0 aromatic rings. The van der Waals surface area contributed by atoms with Crippen molar-refractivity contribution in [3.05, 3.63) is 0 Å². The van der Waals surface area contributed by atoms with E-state index in [4.69, 9.17) is 0 Å². The maximum atomic E-state index is 11.2. The Kier molecular flexibility index (Phi) is 4.59. The highest BCUT2D eigenvalue weighted by molar-refractivity contribution is 5.73. The lowest BCUT2D eigenvalue weighted by Crippen LogP contribution is -2.49. The minimum absolute atomic E-state index is 0.265. The zero-order valence-electron chi connectivity index (χ0n) is 11.1. The molecule has 5 nitrogen and oxygen atoms in total. The molecule has 2 saturated heterocycles. The summed E-state index contributed by atoms with van der Waals surface area (Å²) in [4.78, 5) is 15.6. The summed E-state index contributed by atoms with van der Waals surface area (Å²) in [5.74, 6) is -0.668. The van der Waals surface area contributed by atoms with Gasteiger partial charge >= 0.3 is 5.97 Å². The first-order valence-electron chi connectivity index (χ1n) is 6.97. The zero-order valence-corrected chi connectivity index (χ0v) is 11.1. The number of β-amino-alcohol motifs (C(OH)–C–C–N with tert-alkyl or cyclic N) is 1. The van der Waals surface area contributed by atoms with Gasteiger partial charge in [0.15, 0.2) is 0 Å². The van der Waals surface area contributed by atoms with Crippen molar-refractivity contribution < 1.29 is 15.0 Å². The van der Waals surface area contributed by atoms with E-state index in [0.717, 1.165) is 51.9 Å². The van der Waals surface area contributed by atoms with Crippen LogP contribution < -0.4 is 0 Å². The van der Waals surface area contributed by atoms with Crippen molar-refractivity contribution in [2.24, 2.45) is 0 Å². The van der Waals surface area contributed by atoms with Gasteiger partial charge in [-0.2, -0.15) is 0 Å². The smallest absolute Gasteiger partial charge is 0.320 e. The molecule has 104 valence electrons. The molecule has 0 aliphatic carbocycles. The second kappa shape index (κ2) is 5.99. The number of carboxylic acid groups (broad SMARTS) is 1. The van der Waals surface area contributed by atoms with Gasteiger partial charge in [0.25, 0.3) is 0 Å². The Balaban J connectivity index is 1.84. The van der Waals surface area contributed by atoms with Crippen LogP contribution in [-0.2, 0) is 4.79 Å². The van der Waals surface area contributed by atoms with E-state index in [0.29, 0.717) is 6.04 Å². The van der Waals surface area contributed by atoms with Gasteiger partial charge < -0.3 is 15.1 Å². The summed E-state index contributed by atoms with van der Waals surface area (Å²) < 4.78 is 0. The van der Waals surface area contributed by atoms with Gasteiger partial charge in [-0.1, -0.05) is 0 Å². The van der Waals surface area contributed by atoms with E-state index < -0.39 is 5.97 Å². The Morgan fingerprint density at radius 2 is 1.94 bits per heavy atom. The first kappa shape index (κ1) is 13.8. The van der Waals surface area contributed by atoms with E-state index in [1.165, 1.54) is 0 Å². The number of rotatable bonds is 4. The molecule has 18 heavy (non-hydrogen) atoms. The van der Waals surface area contributed by atoms with E-state index in [9.17, 15) is 15.0 Å². The average Bonchev–Trinajstić information content (AvgIpc) is 2.78. The van der Waals surface area contributed by atoms with Gasteiger partial charge in [-0.3, -0.25) is 9.69 Å². The Morgan fingerprint density at radius 1 is 1.28 bits per heavy atom. The minimum atomic E-state index is -0.668. The fourth-order valence-corrected chi connectivity index (χ4v) is 3.30. The number of hydrogen-bond donors (Lipinski definition) is 2. The largest absolute Gasteiger partial charge is 0.480 e. The number of carbonyl (C=O) groups is 1. The third-order valence-electron chi connectivity index (χ3n) is 4.13. The number of aliphatic hydroxyl groups is 1. The molecule has 2 aliphatic heterocycles. The molecule has 2 unspecified atom stereocenters. The van der Waals surface area contributed by atoms with Crippen molar-refractivity contribution in [2.45, 2.75) is 50.8 Å². The molecule has 2 N–H and O–H groups in total. The predicted octanol–water partition coefficient (Wildman–Crippen LogP) is 0.381. The molecule has 2 aliphatic rings. The van der Waals surface area contributed by atoms with Gasteiger partial charge in [0.2, 0.25) is 0 Å². The third-order valence-corrected chi connectivity index (χ3v) is 4.13. The number of carboxylic acids is 1. The van der Waals surface area contributed by atoms with Crippen molar-refractivity contribution in [3.8, 4) is 0 Å². The summed E-state index contributed by atoms with van der Waals surface area (Å²) in [5.41, 5.74) is 0. The van der Waals surface area contributed by atoms with Crippen LogP contribution in [0, 0.1) is 0 Å². The highest BCUT2D eigenvalue weighted by atomic mass is 16.4. The second-order valence-electron chi connectivity index (χ2n) is 5.61. The van der Waals surface area contributed by atoms with Crippen LogP contribution >= 0.6 is 0 Å². The number of aliphatic carboxylic acids is 1. The Labute approximate surface area is 108 Å². The van der Waals surface area contributed by atoms with E-state index >= 15 is 0 Å². The highest BCUT2D eigenvalue weighted by Crippen LogP contribution is 2.26. The first-order valence-corrected chi connectivity index (χ1v) is 6.97. The summed E-state index contributed by atoms with van der Waals surface area (Å²) in [5, 5.41) is 18.6. The van der Waals surface area contributed by atoms with E-state index in [2.05, 4.69) is 9.80 Å². The summed E-state index contributed by atoms with van der Waals surface area (Å²) in [6.07, 6.45) is 3.57. The minimum Gasteiger partial charge on any atom is -0.480 e. The van der Waals surface area contributed by atoms with Crippen molar-refractivity contribution in [2.75, 3.05) is 26.2 Å². The van der Waals surface area contributed by atoms with Crippen LogP contribution in [0.1, 0.15) is 32.6 Å². The number of likely N-dealkylation sites (tertiary alicyclic amines) is 2. The normalized spacial score (nSPS) is 29.6. The molecule has 5 heteroatoms. The molecular weight excluding hydrogens is 232 g/mol. The van der Waals surface area contributed by atoms with Crippen molar-refractivity contribution in [1.82, 2.24) is 9.80 Å². The lowest BCUT2D eigenvalue weighted by molar-refractivity contribution is -0.143. The molecule has 2 atom stereocenters. The molecule has 0 amide bonds. The maximum Gasteiger partial charge on any atom is 0.320 e. The average molecular weight is 256 g/mol. The Bertz CT molecular complexity index is 288. The topological polar surface area (TPSA) is 64.0 Å². The van der Waals surface area contributed by atoms with Crippen LogP contribution in [0.3, 0.4) is 0 Å². The summed E-state index contributed by atoms with van der Waals surface area (Å²) in [6, 6.07) is 0.150. The number of piperidine rings is 1. The SMILES string of the molecule is CC(O)CN1CCC(N2CCCC2C(=O)O)CC1. The number of aliphatic hydroxyl groups excluding tert-OH is 1. The van der Waals surface area contributed by atoms with Crippen molar-refractivity contribution in [3.63, 3.8) is 0 Å². The molecule has 2 fully saturated rings. The van der Waals surface area contributed by atoms with Gasteiger partial charge in [-0.05, 0) is 52.2 Å². The maximum absolute atomic E-state index is 11.2. The quantitative estimate of drug-likeness (QED) is 0.761. The molecule has 2 heterocycles. The molecule has 0 saturated carbocycles. The van der Waals surface area contributed by atoms with Gasteiger partial charge in [0.05, 0.1) is 6.10 Å². The number of hydrogen-bond acceptors (Lipinski definition) is 4. The standard InChI is InChI=1S/C13H24N2O3/c1-10(16)9-14-7-4-11(5-8-14)15-6-2-3-12(15)13(17)18/h10-12,16H,2-9H2,1H3,(H,17,18). The van der Waals surface area contributed by atoms with Crippen LogP contribution in [0.4, 0.5) is 0 Å². The first-order chi connectivity index (χ1) is 8.58. The monoisotopic (exact) mass is 256 g/mol. The van der Waals surface area contributed by atoms with Crippen LogP contribution in [0.5, 0.6) is 0 Å². The third kappa shape index (κ3) is 3.22. The summed E-state index contributed by atoms with van der Waals surface area (Å²) >= 11 is 0. The lowest BCUT2D eigenvalue weighted by atomic mass is 10.0. The van der Waals surface area contributed by atoms with Crippen LogP contribution in [0.15, 0.2) is 0 Å². The second-order valence-corrected chi connectivity index (χ2v) is 5.61. The van der Waals surface area contributed by atoms with Crippen LogP contribution in [0.2, 0.25) is 0 Å². The van der Waals surface area contributed by atoms with E-state index in [-0.39, 0.29) is 12.1 Å². The van der Waals surface area contributed by atoms with Gasteiger partial charge in [-0.25, -0.2) is 0 Å². The molecular formula is C13H24N2O3. The summed E-state index contributed by atoms with van der Waals surface area (Å²) in [6.45, 7) is 5.41.